The third-order valence-corrected chi connectivity index (χ3v) is 3.83. The largest absolute Gasteiger partial charge is 0.346 e. The maximum Gasteiger partial charge on any atom is 0.251 e. The van der Waals surface area contributed by atoms with E-state index in [0.29, 0.717) is 37.4 Å². The van der Waals surface area contributed by atoms with Gasteiger partial charge in [0.1, 0.15) is 11.9 Å². The Hall–Kier alpha value is -1.99. The Morgan fingerprint density at radius 1 is 1.12 bits per heavy atom. The van der Waals surface area contributed by atoms with Gasteiger partial charge in [0.05, 0.1) is 0 Å². The fourth-order valence-corrected chi connectivity index (χ4v) is 2.53. The van der Waals surface area contributed by atoms with Crippen LogP contribution in [-0.4, -0.2) is 34.8 Å². The van der Waals surface area contributed by atoms with E-state index in [1.54, 1.807) is 4.90 Å². The van der Waals surface area contributed by atoms with Gasteiger partial charge in [-0.15, -0.1) is 0 Å². The summed E-state index contributed by atoms with van der Waals surface area (Å²) in [5.41, 5.74) is 6.44. The fourth-order valence-electron chi connectivity index (χ4n) is 2.53. The molecule has 6 N–H and O–H groups in total. The van der Waals surface area contributed by atoms with E-state index in [9.17, 15) is 4.79 Å². The highest BCUT2D eigenvalue weighted by molar-refractivity contribution is 5.86. The third kappa shape index (κ3) is 5.58. The first-order chi connectivity index (χ1) is 11.3. The SMILES string of the molecule is C=C(CCN1C(=C)N(CCC(=C)NN)C(C(C)C)C1=O)NN.CC. The molecule has 0 aliphatic carbocycles. The molecule has 1 fully saturated rings. The Labute approximate surface area is 146 Å². The van der Waals surface area contributed by atoms with Crippen molar-refractivity contribution in [1.29, 1.82) is 0 Å². The third-order valence-electron chi connectivity index (χ3n) is 3.83. The molecule has 1 aliphatic heterocycles. The van der Waals surface area contributed by atoms with E-state index < -0.39 is 0 Å². The van der Waals surface area contributed by atoms with Crippen LogP contribution in [0.4, 0.5) is 0 Å². The average molecular weight is 339 g/mol. The zero-order valence-electron chi connectivity index (χ0n) is 15.6. The first-order valence-corrected chi connectivity index (χ1v) is 8.39. The summed E-state index contributed by atoms with van der Waals surface area (Å²) in [6.07, 6.45) is 1.23. The van der Waals surface area contributed by atoms with Crippen LogP contribution < -0.4 is 22.5 Å². The van der Waals surface area contributed by atoms with Gasteiger partial charge in [0.25, 0.3) is 5.91 Å². The minimum atomic E-state index is -0.211. The van der Waals surface area contributed by atoms with E-state index >= 15 is 0 Å². The molecule has 0 aromatic rings. The molecule has 1 saturated heterocycles. The van der Waals surface area contributed by atoms with Gasteiger partial charge in [0.15, 0.2) is 0 Å². The van der Waals surface area contributed by atoms with Crippen LogP contribution in [0.25, 0.3) is 0 Å². The van der Waals surface area contributed by atoms with Crippen molar-refractivity contribution in [3.05, 3.63) is 37.0 Å². The Bertz CT molecular complexity index is 460. The first-order valence-electron chi connectivity index (χ1n) is 8.39. The average Bonchev–Trinajstić information content (AvgIpc) is 2.82. The van der Waals surface area contributed by atoms with Gasteiger partial charge in [0, 0.05) is 37.3 Å². The van der Waals surface area contributed by atoms with Crippen LogP contribution in [0.3, 0.4) is 0 Å². The van der Waals surface area contributed by atoms with Gasteiger partial charge in [-0.25, -0.2) is 0 Å². The minimum Gasteiger partial charge on any atom is -0.346 e. The summed E-state index contributed by atoms with van der Waals surface area (Å²) in [5.74, 6) is 11.6. The van der Waals surface area contributed by atoms with Crippen LogP contribution in [-0.2, 0) is 4.79 Å². The monoisotopic (exact) mass is 338 g/mol. The van der Waals surface area contributed by atoms with Crippen LogP contribution in [0.1, 0.15) is 40.5 Å². The zero-order valence-corrected chi connectivity index (χ0v) is 15.6. The number of carbonyl (C=O) groups is 1. The van der Waals surface area contributed by atoms with Crippen molar-refractivity contribution in [3.63, 3.8) is 0 Å². The zero-order chi connectivity index (χ0) is 18.9. The number of carbonyl (C=O) groups excluding carboxylic acids is 1. The second-order valence-electron chi connectivity index (χ2n) is 5.78. The predicted octanol–water partition coefficient (Wildman–Crippen LogP) is 1.39. The van der Waals surface area contributed by atoms with Gasteiger partial charge in [0.2, 0.25) is 0 Å². The molecule has 1 unspecified atom stereocenters. The van der Waals surface area contributed by atoms with Gasteiger partial charge >= 0.3 is 0 Å². The highest BCUT2D eigenvalue weighted by Crippen LogP contribution is 2.29. The Morgan fingerprint density at radius 2 is 1.58 bits per heavy atom. The topological polar surface area (TPSA) is 99.6 Å². The molecule has 138 valence electrons. The van der Waals surface area contributed by atoms with Crippen LogP contribution in [0.2, 0.25) is 0 Å². The number of hydrogen-bond donors (Lipinski definition) is 4. The van der Waals surface area contributed by atoms with Crippen molar-refractivity contribution >= 4 is 5.91 Å². The van der Waals surface area contributed by atoms with Crippen molar-refractivity contribution in [3.8, 4) is 0 Å². The molecule has 24 heavy (non-hydrogen) atoms. The van der Waals surface area contributed by atoms with E-state index in [1.807, 2.05) is 32.6 Å². The number of hydrazine groups is 2. The molecule has 1 amide bonds. The van der Waals surface area contributed by atoms with Gasteiger partial charge in [-0.05, 0) is 5.92 Å². The number of hydrogen-bond acceptors (Lipinski definition) is 6. The van der Waals surface area contributed by atoms with Crippen LogP contribution in [0.15, 0.2) is 37.0 Å². The quantitative estimate of drug-likeness (QED) is 0.374. The Kier molecular flexibility index (Phi) is 9.83. The lowest BCUT2D eigenvalue weighted by molar-refractivity contribution is -0.129. The van der Waals surface area contributed by atoms with Gasteiger partial charge in [-0.3, -0.25) is 21.4 Å². The molecule has 1 heterocycles. The molecule has 1 atom stereocenters. The van der Waals surface area contributed by atoms with Crippen LogP contribution in [0.5, 0.6) is 0 Å². The summed E-state index contributed by atoms with van der Waals surface area (Å²) >= 11 is 0. The van der Waals surface area contributed by atoms with Gasteiger partial charge in [-0.2, -0.15) is 0 Å². The molecule has 0 bridgehead atoms. The van der Waals surface area contributed by atoms with Crippen molar-refractivity contribution in [2.45, 2.75) is 46.6 Å². The maximum absolute atomic E-state index is 12.7. The molecule has 1 rings (SSSR count). The molecule has 0 spiro atoms. The fraction of sp³-hybridized carbons (Fsp3) is 0.588. The lowest BCUT2D eigenvalue weighted by Gasteiger charge is -2.27. The van der Waals surface area contributed by atoms with E-state index in [-0.39, 0.29) is 17.9 Å². The molecule has 1 aliphatic rings. The highest BCUT2D eigenvalue weighted by Gasteiger charge is 2.42. The van der Waals surface area contributed by atoms with E-state index in [4.69, 9.17) is 11.7 Å². The molecule has 0 aromatic carbocycles. The summed E-state index contributed by atoms with van der Waals surface area (Å²) in [6.45, 7) is 20.9. The van der Waals surface area contributed by atoms with E-state index in [0.717, 1.165) is 5.70 Å². The molecular formula is C17H34N6O. The molecule has 7 heteroatoms. The number of rotatable bonds is 9. The smallest absolute Gasteiger partial charge is 0.251 e. The standard InChI is InChI=1S/C15H28N6O.C2H6/c1-10(2)14-15(22)21(9-7-12(4)19-17)13(5)20(14)8-6-11(3)18-16;1-2/h10,14,18-19H,3-9,16-17H2,1-2H3;1-2H3. The second-order valence-corrected chi connectivity index (χ2v) is 5.78. The highest BCUT2D eigenvalue weighted by atomic mass is 16.2. The Morgan fingerprint density at radius 3 is 2.00 bits per heavy atom. The van der Waals surface area contributed by atoms with Crippen molar-refractivity contribution < 1.29 is 4.79 Å². The minimum absolute atomic E-state index is 0.0659. The summed E-state index contributed by atoms with van der Waals surface area (Å²) in [7, 11) is 0. The normalized spacial score (nSPS) is 16.9. The summed E-state index contributed by atoms with van der Waals surface area (Å²) in [4.78, 5) is 16.4. The lowest BCUT2D eigenvalue weighted by atomic mass is 10.0. The molecule has 0 radical (unpaired) electrons. The van der Waals surface area contributed by atoms with E-state index in [2.05, 4.69) is 30.6 Å². The molecule has 0 aromatic heterocycles. The van der Waals surface area contributed by atoms with Gasteiger partial charge < -0.3 is 15.8 Å². The van der Waals surface area contributed by atoms with E-state index in [1.165, 1.54) is 0 Å². The molecule has 0 saturated carbocycles. The van der Waals surface area contributed by atoms with Crippen LogP contribution in [0, 0.1) is 5.92 Å². The van der Waals surface area contributed by atoms with Crippen molar-refractivity contribution in [2.75, 3.05) is 13.1 Å². The molecule has 7 nitrogen and oxygen atoms in total. The summed E-state index contributed by atoms with van der Waals surface area (Å²) < 4.78 is 0. The van der Waals surface area contributed by atoms with Crippen LogP contribution >= 0.6 is 0 Å². The van der Waals surface area contributed by atoms with Gasteiger partial charge in [-0.1, -0.05) is 47.4 Å². The molecular weight excluding hydrogens is 304 g/mol. The number of amides is 1. The first kappa shape index (κ1) is 22.0. The lowest BCUT2D eigenvalue weighted by Crippen LogP contribution is -2.38. The second kappa shape index (κ2) is 10.7. The summed E-state index contributed by atoms with van der Waals surface area (Å²) in [5, 5.41) is 0. The Balaban J connectivity index is 0.00000254. The predicted molar refractivity (Wildman–Crippen MR) is 99.7 cm³/mol. The maximum atomic E-state index is 12.7. The van der Waals surface area contributed by atoms with Crippen molar-refractivity contribution in [1.82, 2.24) is 20.7 Å². The number of nitrogens with zero attached hydrogens (tertiary/aromatic N) is 2. The van der Waals surface area contributed by atoms with Crippen molar-refractivity contribution in [2.24, 2.45) is 17.6 Å². The number of nitrogens with one attached hydrogen (secondary N) is 2. The number of nitrogens with two attached hydrogens (primary N) is 2. The summed E-state index contributed by atoms with van der Waals surface area (Å²) in [6, 6.07) is -0.211.